The van der Waals surface area contributed by atoms with Crippen LogP contribution in [-0.2, 0) is 0 Å². The fourth-order valence-electron chi connectivity index (χ4n) is 4.14. The second kappa shape index (κ2) is 3.13. The summed E-state index contributed by atoms with van der Waals surface area (Å²) in [5.41, 5.74) is 2.72. The first-order chi connectivity index (χ1) is 7.86. The highest BCUT2D eigenvalue weighted by Crippen LogP contribution is 2.66. The van der Waals surface area contributed by atoms with Gasteiger partial charge < -0.3 is 5.32 Å². The lowest BCUT2D eigenvalue weighted by molar-refractivity contribution is 0.456. The van der Waals surface area contributed by atoms with E-state index in [1.807, 2.05) is 0 Å². The maximum atomic E-state index is 5.52. The molecule has 4 saturated carbocycles. The fourth-order valence-corrected chi connectivity index (χ4v) is 4.14. The first kappa shape index (κ1) is 9.28. The smallest absolute Gasteiger partial charge is 0.206 e. The summed E-state index contributed by atoms with van der Waals surface area (Å²) in [6.07, 6.45) is 6.94. The van der Waals surface area contributed by atoms with Gasteiger partial charge in [0.15, 0.2) is 0 Å². The number of hydrogen-bond donors (Lipinski definition) is 3. The Kier molecular flexibility index (Phi) is 1.81. The van der Waals surface area contributed by atoms with Gasteiger partial charge >= 0.3 is 0 Å². The SMILES string of the molecule is NNC(=NC1C2C3CCC(C3)C12)NC1CC1. The molecule has 0 aromatic rings. The minimum absolute atomic E-state index is 0.587. The van der Waals surface area contributed by atoms with Gasteiger partial charge in [0.25, 0.3) is 0 Å². The molecule has 4 aliphatic carbocycles. The molecule has 0 heterocycles. The Hall–Kier alpha value is -0.770. The zero-order valence-electron chi connectivity index (χ0n) is 9.52. The highest BCUT2D eigenvalue weighted by molar-refractivity contribution is 5.80. The molecule has 4 rings (SSSR count). The van der Waals surface area contributed by atoms with E-state index in [9.17, 15) is 0 Å². The van der Waals surface area contributed by atoms with Gasteiger partial charge in [-0.15, -0.1) is 0 Å². The third-order valence-corrected chi connectivity index (χ3v) is 5.03. The number of guanidine groups is 1. The second-order valence-electron chi connectivity index (χ2n) is 6.02. The van der Waals surface area contributed by atoms with Crippen LogP contribution < -0.4 is 16.6 Å². The number of hydrogen-bond acceptors (Lipinski definition) is 2. The van der Waals surface area contributed by atoms with Crippen LogP contribution in [0.25, 0.3) is 0 Å². The Bertz CT molecular complexity index is 320. The van der Waals surface area contributed by atoms with E-state index in [1.54, 1.807) is 0 Å². The Labute approximate surface area is 96.0 Å². The van der Waals surface area contributed by atoms with Crippen molar-refractivity contribution in [3.8, 4) is 0 Å². The third-order valence-electron chi connectivity index (χ3n) is 5.03. The molecule has 4 atom stereocenters. The highest BCUT2D eigenvalue weighted by atomic mass is 15.3. The van der Waals surface area contributed by atoms with Crippen LogP contribution in [0.15, 0.2) is 4.99 Å². The van der Waals surface area contributed by atoms with E-state index >= 15 is 0 Å². The molecule has 4 aliphatic rings. The van der Waals surface area contributed by atoms with Crippen molar-refractivity contribution in [2.45, 2.75) is 44.2 Å². The van der Waals surface area contributed by atoms with Gasteiger partial charge in [0, 0.05) is 6.04 Å². The first-order valence-corrected chi connectivity index (χ1v) is 6.68. The van der Waals surface area contributed by atoms with Crippen molar-refractivity contribution in [1.29, 1.82) is 0 Å². The van der Waals surface area contributed by atoms with Crippen LogP contribution in [-0.4, -0.2) is 18.0 Å². The van der Waals surface area contributed by atoms with E-state index in [1.165, 1.54) is 32.1 Å². The van der Waals surface area contributed by atoms with Gasteiger partial charge in [0.05, 0.1) is 6.04 Å². The summed E-state index contributed by atoms with van der Waals surface area (Å²) in [5.74, 6) is 10.1. The normalized spacial score (nSPS) is 49.1. The molecule has 2 bridgehead atoms. The van der Waals surface area contributed by atoms with E-state index in [4.69, 9.17) is 10.8 Å². The number of aliphatic imine (C=N–C) groups is 1. The topological polar surface area (TPSA) is 62.4 Å². The molecule has 4 unspecified atom stereocenters. The van der Waals surface area contributed by atoms with Gasteiger partial charge in [-0.1, -0.05) is 0 Å². The van der Waals surface area contributed by atoms with E-state index < -0.39 is 0 Å². The Balaban J connectivity index is 1.45. The minimum atomic E-state index is 0.587. The average Bonchev–Trinajstić information content (AvgIpc) is 3.18. The summed E-state index contributed by atoms with van der Waals surface area (Å²) in [5, 5.41) is 3.37. The van der Waals surface area contributed by atoms with E-state index in [-0.39, 0.29) is 0 Å². The van der Waals surface area contributed by atoms with Crippen LogP contribution in [0.2, 0.25) is 0 Å². The molecular weight excluding hydrogens is 200 g/mol. The van der Waals surface area contributed by atoms with Crippen molar-refractivity contribution in [1.82, 2.24) is 10.7 Å². The van der Waals surface area contributed by atoms with Gasteiger partial charge in [-0.2, -0.15) is 0 Å². The maximum absolute atomic E-state index is 5.52. The number of nitrogens with one attached hydrogen (secondary N) is 2. The van der Waals surface area contributed by atoms with Gasteiger partial charge in [-0.05, 0) is 55.8 Å². The summed E-state index contributed by atoms with van der Waals surface area (Å²) in [4.78, 5) is 4.78. The number of nitrogens with zero attached hydrogens (tertiary/aromatic N) is 1. The molecule has 0 aromatic heterocycles. The largest absolute Gasteiger partial charge is 0.353 e. The van der Waals surface area contributed by atoms with Crippen molar-refractivity contribution in [2.75, 3.05) is 0 Å². The molecule has 88 valence electrons. The molecule has 0 saturated heterocycles. The van der Waals surface area contributed by atoms with Crippen molar-refractivity contribution in [3.63, 3.8) is 0 Å². The van der Waals surface area contributed by atoms with Crippen molar-refractivity contribution in [2.24, 2.45) is 34.5 Å². The van der Waals surface area contributed by atoms with Crippen LogP contribution in [0, 0.1) is 23.7 Å². The summed E-state index contributed by atoms with van der Waals surface area (Å²) in [6.45, 7) is 0. The second-order valence-corrected chi connectivity index (χ2v) is 6.02. The van der Waals surface area contributed by atoms with Gasteiger partial charge in [0.1, 0.15) is 0 Å². The summed E-state index contributed by atoms with van der Waals surface area (Å²) < 4.78 is 0. The summed E-state index contributed by atoms with van der Waals surface area (Å²) in [6, 6.07) is 1.22. The Morgan fingerprint density at radius 3 is 2.31 bits per heavy atom. The quantitative estimate of drug-likeness (QED) is 0.276. The Morgan fingerprint density at radius 2 is 1.75 bits per heavy atom. The lowest BCUT2D eigenvalue weighted by Gasteiger charge is -2.10. The minimum Gasteiger partial charge on any atom is -0.353 e. The lowest BCUT2D eigenvalue weighted by Crippen LogP contribution is -2.43. The van der Waals surface area contributed by atoms with Crippen LogP contribution in [0.4, 0.5) is 0 Å². The zero-order chi connectivity index (χ0) is 10.7. The van der Waals surface area contributed by atoms with Crippen LogP contribution in [0.5, 0.6) is 0 Å². The molecule has 4 fully saturated rings. The van der Waals surface area contributed by atoms with Gasteiger partial charge in [0.2, 0.25) is 5.96 Å². The summed E-state index contributed by atoms with van der Waals surface area (Å²) >= 11 is 0. The average molecular weight is 220 g/mol. The molecule has 0 aromatic carbocycles. The molecule has 4 N–H and O–H groups in total. The van der Waals surface area contributed by atoms with E-state index in [0.29, 0.717) is 12.1 Å². The number of hydrazine groups is 1. The molecule has 4 heteroatoms. The number of fused-ring (bicyclic) bond motifs is 5. The zero-order valence-corrected chi connectivity index (χ0v) is 9.52. The van der Waals surface area contributed by atoms with Gasteiger partial charge in [-0.3, -0.25) is 5.43 Å². The van der Waals surface area contributed by atoms with E-state index in [2.05, 4.69) is 10.7 Å². The lowest BCUT2D eigenvalue weighted by atomic mass is 10.0. The standard InChI is InChI=1S/C12H20N4/c13-16-12(14-8-3-4-8)15-11-9-6-1-2-7(5-6)10(9)11/h6-11H,1-5,13H2,(H2,14,15,16). The van der Waals surface area contributed by atoms with E-state index in [0.717, 1.165) is 29.6 Å². The van der Waals surface area contributed by atoms with Crippen molar-refractivity contribution in [3.05, 3.63) is 0 Å². The predicted molar refractivity (Wildman–Crippen MR) is 62.5 cm³/mol. The van der Waals surface area contributed by atoms with Crippen LogP contribution in [0.3, 0.4) is 0 Å². The molecule has 0 aliphatic heterocycles. The van der Waals surface area contributed by atoms with Crippen molar-refractivity contribution >= 4 is 5.96 Å². The number of nitrogens with two attached hydrogens (primary N) is 1. The van der Waals surface area contributed by atoms with Crippen LogP contribution >= 0.6 is 0 Å². The summed E-state index contributed by atoms with van der Waals surface area (Å²) in [7, 11) is 0. The molecule has 0 radical (unpaired) electrons. The van der Waals surface area contributed by atoms with Gasteiger partial charge in [-0.25, -0.2) is 10.8 Å². The first-order valence-electron chi connectivity index (χ1n) is 6.68. The maximum Gasteiger partial charge on any atom is 0.206 e. The monoisotopic (exact) mass is 220 g/mol. The molecule has 0 spiro atoms. The Morgan fingerprint density at radius 1 is 1.06 bits per heavy atom. The predicted octanol–water partition coefficient (Wildman–Crippen LogP) is 0.602. The molecule has 4 nitrogen and oxygen atoms in total. The fraction of sp³-hybridized carbons (Fsp3) is 0.917. The number of rotatable bonds is 2. The molecule has 0 amide bonds. The van der Waals surface area contributed by atoms with Crippen molar-refractivity contribution < 1.29 is 0 Å². The highest BCUT2D eigenvalue weighted by Gasteiger charge is 2.65. The molecular formula is C12H20N4. The third kappa shape index (κ3) is 1.29. The molecule has 16 heavy (non-hydrogen) atoms. The van der Waals surface area contributed by atoms with Crippen LogP contribution in [0.1, 0.15) is 32.1 Å².